The molecule has 0 fully saturated rings. The summed E-state index contributed by atoms with van der Waals surface area (Å²) in [4.78, 5) is 1.23. The first-order valence-electron chi connectivity index (χ1n) is 5.15. The normalized spacial score (nSPS) is 10.3. The van der Waals surface area contributed by atoms with E-state index in [2.05, 4.69) is 46.5 Å². The second-order valence-corrected chi connectivity index (χ2v) is 5.17. The highest BCUT2D eigenvalue weighted by molar-refractivity contribution is 9.10. The lowest BCUT2D eigenvalue weighted by Gasteiger charge is -2.09. The second-order valence-electron chi connectivity index (χ2n) is 3.46. The van der Waals surface area contributed by atoms with Crippen molar-refractivity contribution in [1.82, 2.24) is 0 Å². The molecule has 0 atom stereocenters. The topological polar surface area (TPSA) is 9.23 Å². The smallest absolute Gasteiger partial charge is 0.127 e. The van der Waals surface area contributed by atoms with Crippen molar-refractivity contribution < 1.29 is 4.74 Å². The van der Waals surface area contributed by atoms with Crippen LogP contribution in [0.2, 0.25) is 0 Å². The summed E-state index contributed by atoms with van der Waals surface area (Å²) in [7, 11) is 1.68. The summed E-state index contributed by atoms with van der Waals surface area (Å²) >= 11 is 5.30. The Morgan fingerprint density at radius 1 is 1.29 bits per heavy atom. The van der Waals surface area contributed by atoms with E-state index in [0.29, 0.717) is 0 Å². The Bertz CT molecular complexity index is 525. The SMILES string of the molecule is COc1ccc[c]c1-c1ccc(SC)c(Br)c1. The number of thioether (sulfide) groups is 1. The fourth-order valence-electron chi connectivity index (χ4n) is 1.64. The number of benzene rings is 2. The number of hydrogen-bond donors (Lipinski definition) is 0. The van der Waals surface area contributed by atoms with Crippen molar-refractivity contribution in [2.75, 3.05) is 13.4 Å². The molecule has 3 heteroatoms. The van der Waals surface area contributed by atoms with E-state index in [0.717, 1.165) is 21.3 Å². The lowest BCUT2D eigenvalue weighted by Crippen LogP contribution is -1.88. The van der Waals surface area contributed by atoms with Gasteiger partial charge in [-0.25, -0.2) is 0 Å². The minimum absolute atomic E-state index is 0.844. The quantitative estimate of drug-likeness (QED) is 0.764. The van der Waals surface area contributed by atoms with Gasteiger partial charge >= 0.3 is 0 Å². The zero-order chi connectivity index (χ0) is 12.3. The van der Waals surface area contributed by atoms with E-state index < -0.39 is 0 Å². The van der Waals surface area contributed by atoms with Gasteiger partial charge in [-0.1, -0.05) is 18.2 Å². The van der Waals surface area contributed by atoms with Crippen molar-refractivity contribution in [3.05, 3.63) is 46.9 Å². The Hall–Kier alpha value is -0.930. The van der Waals surface area contributed by atoms with Crippen LogP contribution in [-0.2, 0) is 0 Å². The van der Waals surface area contributed by atoms with Crippen LogP contribution in [0.5, 0.6) is 5.75 Å². The van der Waals surface area contributed by atoms with E-state index in [-0.39, 0.29) is 0 Å². The van der Waals surface area contributed by atoms with E-state index in [4.69, 9.17) is 4.74 Å². The molecule has 0 aliphatic rings. The first-order valence-corrected chi connectivity index (χ1v) is 7.16. The lowest BCUT2D eigenvalue weighted by molar-refractivity contribution is 0.416. The van der Waals surface area contributed by atoms with Crippen LogP contribution in [0.1, 0.15) is 0 Å². The number of rotatable bonds is 3. The molecule has 0 aliphatic carbocycles. The maximum absolute atomic E-state index is 5.34. The van der Waals surface area contributed by atoms with Crippen molar-refractivity contribution in [2.24, 2.45) is 0 Å². The maximum Gasteiger partial charge on any atom is 0.127 e. The molecule has 1 radical (unpaired) electrons. The van der Waals surface area contributed by atoms with Gasteiger partial charge in [0, 0.05) is 14.9 Å². The van der Waals surface area contributed by atoms with Crippen LogP contribution in [0.4, 0.5) is 0 Å². The average Bonchev–Trinajstić information content (AvgIpc) is 2.38. The molecule has 0 saturated heterocycles. The van der Waals surface area contributed by atoms with E-state index in [1.165, 1.54) is 4.90 Å². The fraction of sp³-hybridized carbons (Fsp3) is 0.143. The van der Waals surface area contributed by atoms with Gasteiger partial charge in [0.15, 0.2) is 0 Å². The van der Waals surface area contributed by atoms with Gasteiger partial charge in [-0.15, -0.1) is 11.8 Å². The number of methoxy groups -OCH3 is 1. The number of ether oxygens (including phenoxy) is 1. The molecule has 0 amide bonds. The molecular formula is C14H12BrOS. The van der Waals surface area contributed by atoms with Crippen molar-refractivity contribution in [3.63, 3.8) is 0 Å². The highest BCUT2D eigenvalue weighted by Gasteiger charge is 2.07. The second kappa shape index (κ2) is 5.61. The Kier molecular flexibility index (Phi) is 4.13. The molecule has 2 aromatic rings. The van der Waals surface area contributed by atoms with Crippen LogP contribution in [-0.4, -0.2) is 13.4 Å². The molecule has 2 aromatic carbocycles. The van der Waals surface area contributed by atoms with Crippen LogP contribution in [0.3, 0.4) is 0 Å². The zero-order valence-electron chi connectivity index (χ0n) is 9.66. The molecule has 17 heavy (non-hydrogen) atoms. The third-order valence-electron chi connectivity index (χ3n) is 2.48. The van der Waals surface area contributed by atoms with Gasteiger partial charge < -0.3 is 4.74 Å². The van der Waals surface area contributed by atoms with Crippen LogP contribution < -0.4 is 4.74 Å². The van der Waals surface area contributed by atoms with Gasteiger partial charge in [0.2, 0.25) is 0 Å². The molecular weight excluding hydrogens is 296 g/mol. The summed E-state index contributed by atoms with van der Waals surface area (Å²) in [5, 5.41) is 0. The zero-order valence-corrected chi connectivity index (χ0v) is 12.1. The van der Waals surface area contributed by atoms with E-state index in [9.17, 15) is 0 Å². The predicted molar refractivity (Wildman–Crippen MR) is 76.7 cm³/mol. The van der Waals surface area contributed by atoms with E-state index in [1.807, 2.05) is 18.2 Å². The highest BCUT2D eigenvalue weighted by atomic mass is 79.9. The monoisotopic (exact) mass is 307 g/mol. The molecule has 0 spiro atoms. The number of halogens is 1. The van der Waals surface area contributed by atoms with Crippen molar-refractivity contribution in [2.45, 2.75) is 4.90 Å². The standard InChI is InChI=1S/C14H12BrOS/c1-16-13-6-4-3-5-11(13)10-7-8-14(17-2)12(15)9-10/h3-4,6-9H,1-2H3. The minimum atomic E-state index is 0.844. The molecule has 0 bridgehead atoms. The van der Waals surface area contributed by atoms with E-state index in [1.54, 1.807) is 18.9 Å². The Morgan fingerprint density at radius 3 is 2.76 bits per heavy atom. The Labute approximate surface area is 114 Å². The first-order chi connectivity index (χ1) is 8.26. The van der Waals surface area contributed by atoms with Gasteiger partial charge in [0.25, 0.3) is 0 Å². The number of hydrogen-bond acceptors (Lipinski definition) is 2. The van der Waals surface area contributed by atoms with E-state index >= 15 is 0 Å². The van der Waals surface area contributed by atoms with Gasteiger partial charge in [0.1, 0.15) is 5.75 Å². The van der Waals surface area contributed by atoms with Gasteiger partial charge in [-0.3, -0.25) is 0 Å². The molecule has 0 unspecified atom stereocenters. The van der Waals surface area contributed by atoms with Gasteiger partial charge in [0.05, 0.1) is 7.11 Å². The summed E-state index contributed by atoms with van der Waals surface area (Å²) in [6.45, 7) is 0. The molecule has 0 saturated carbocycles. The average molecular weight is 308 g/mol. The molecule has 1 nitrogen and oxygen atoms in total. The maximum atomic E-state index is 5.34. The molecule has 0 heterocycles. The Morgan fingerprint density at radius 2 is 2.12 bits per heavy atom. The molecule has 0 aromatic heterocycles. The summed E-state index contributed by atoms with van der Waals surface area (Å²) in [6, 6.07) is 15.3. The van der Waals surface area contributed by atoms with Crippen molar-refractivity contribution in [1.29, 1.82) is 0 Å². The molecule has 87 valence electrons. The van der Waals surface area contributed by atoms with Crippen molar-refractivity contribution in [3.8, 4) is 16.9 Å². The third kappa shape index (κ3) is 2.67. The first kappa shape index (κ1) is 12.5. The van der Waals surface area contributed by atoms with Crippen LogP contribution in [0.25, 0.3) is 11.1 Å². The molecule has 2 rings (SSSR count). The largest absolute Gasteiger partial charge is 0.496 e. The Balaban J connectivity index is 2.49. The lowest BCUT2D eigenvalue weighted by atomic mass is 10.1. The molecule has 0 aliphatic heterocycles. The van der Waals surface area contributed by atoms with Crippen molar-refractivity contribution >= 4 is 27.7 Å². The van der Waals surface area contributed by atoms with Crippen LogP contribution in [0.15, 0.2) is 45.8 Å². The summed E-state index contributed by atoms with van der Waals surface area (Å²) in [5.41, 5.74) is 2.09. The minimum Gasteiger partial charge on any atom is -0.496 e. The third-order valence-corrected chi connectivity index (χ3v) is 4.19. The molecule has 0 N–H and O–H groups in total. The summed E-state index contributed by atoms with van der Waals surface area (Å²) < 4.78 is 6.44. The summed E-state index contributed by atoms with van der Waals surface area (Å²) in [6.07, 6.45) is 2.06. The highest BCUT2D eigenvalue weighted by Crippen LogP contribution is 2.34. The van der Waals surface area contributed by atoms with Crippen LogP contribution >= 0.6 is 27.7 Å². The summed E-state index contributed by atoms with van der Waals surface area (Å²) in [5.74, 6) is 0.844. The predicted octanol–water partition coefficient (Wildman–Crippen LogP) is 4.65. The fourth-order valence-corrected chi connectivity index (χ4v) is 2.96. The van der Waals surface area contributed by atoms with Gasteiger partial charge in [-0.2, -0.15) is 0 Å². The van der Waals surface area contributed by atoms with Crippen LogP contribution in [0, 0.1) is 6.07 Å². The van der Waals surface area contributed by atoms with Gasteiger partial charge in [-0.05, 0) is 52.0 Å².